The Morgan fingerprint density at radius 1 is 1.12 bits per heavy atom. The zero-order chi connectivity index (χ0) is 12.2. The van der Waals surface area contributed by atoms with Gasteiger partial charge in [0.2, 0.25) is 0 Å². The molecule has 4 heteroatoms. The van der Waals surface area contributed by atoms with Crippen LogP contribution in [0.25, 0.3) is 0 Å². The van der Waals surface area contributed by atoms with Gasteiger partial charge in [0.1, 0.15) is 0 Å². The lowest BCUT2D eigenvalue weighted by molar-refractivity contribution is -0.164. The molecule has 4 nitrogen and oxygen atoms in total. The van der Waals surface area contributed by atoms with Crippen LogP contribution in [0.15, 0.2) is 0 Å². The average Bonchev–Trinajstić information content (AvgIpc) is 2.38. The first-order valence-corrected chi connectivity index (χ1v) is 6.61. The molecule has 98 valence electrons. The molecule has 0 aliphatic carbocycles. The number of ether oxygens (including phenoxy) is 3. The van der Waals surface area contributed by atoms with Crippen molar-refractivity contribution in [2.24, 2.45) is 0 Å². The Morgan fingerprint density at radius 2 is 2.00 bits per heavy atom. The lowest BCUT2D eigenvalue weighted by atomic mass is 10.2. The highest BCUT2D eigenvalue weighted by Gasteiger charge is 2.13. The van der Waals surface area contributed by atoms with E-state index in [4.69, 9.17) is 19.5 Å². The van der Waals surface area contributed by atoms with Gasteiger partial charge in [-0.1, -0.05) is 0 Å². The molecule has 1 saturated heterocycles. The van der Waals surface area contributed by atoms with Gasteiger partial charge in [0.25, 0.3) is 0 Å². The molecule has 1 rings (SSSR count). The Balaban J connectivity index is 1.76. The first-order valence-electron chi connectivity index (χ1n) is 6.61. The van der Waals surface area contributed by atoms with Crippen LogP contribution in [0.4, 0.5) is 0 Å². The summed E-state index contributed by atoms with van der Waals surface area (Å²) in [6.45, 7) is 3.03. The largest absolute Gasteiger partial charge is 0.381 e. The predicted molar refractivity (Wildman–Crippen MR) is 64.4 cm³/mol. The minimum absolute atomic E-state index is 0.0133. The molecule has 1 fully saturated rings. The van der Waals surface area contributed by atoms with E-state index in [0.29, 0.717) is 13.0 Å². The van der Waals surface area contributed by atoms with Gasteiger partial charge in [-0.3, -0.25) is 0 Å². The Hall–Kier alpha value is -0.630. The van der Waals surface area contributed by atoms with Crippen LogP contribution in [-0.4, -0.2) is 32.7 Å². The van der Waals surface area contributed by atoms with Crippen molar-refractivity contribution in [1.29, 1.82) is 5.26 Å². The Morgan fingerprint density at radius 3 is 2.76 bits per heavy atom. The summed E-state index contributed by atoms with van der Waals surface area (Å²) in [5.74, 6) is 0. The minimum atomic E-state index is 0.0133. The highest BCUT2D eigenvalue weighted by molar-refractivity contribution is 4.67. The van der Waals surface area contributed by atoms with Crippen LogP contribution in [0.3, 0.4) is 0 Å². The molecule has 0 N–H and O–H groups in total. The molecule has 0 radical (unpaired) electrons. The Labute approximate surface area is 104 Å². The van der Waals surface area contributed by atoms with Crippen LogP contribution in [0.1, 0.15) is 44.9 Å². The summed E-state index contributed by atoms with van der Waals surface area (Å²) in [4.78, 5) is 0. The van der Waals surface area contributed by atoms with Crippen molar-refractivity contribution in [3.8, 4) is 6.07 Å². The lowest BCUT2D eigenvalue weighted by Crippen LogP contribution is -2.23. The highest BCUT2D eigenvalue weighted by Crippen LogP contribution is 2.13. The SMILES string of the molecule is N#CCCCCOCCCOC1CCCCO1. The first-order chi connectivity index (χ1) is 8.43. The molecule has 0 amide bonds. The summed E-state index contributed by atoms with van der Waals surface area (Å²) >= 11 is 0. The molecular weight excluding hydrogens is 218 g/mol. The Kier molecular flexibility index (Phi) is 8.93. The van der Waals surface area contributed by atoms with E-state index in [9.17, 15) is 0 Å². The summed E-state index contributed by atoms with van der Waals surface area (Å²) in [5.41, 5.74) is 0. The standard InChI is InChI=1S/C13H23NO3/c14-8-3-1-4-9-15-10-6-12-17-13-7-2-5-11-16-13/h13H,1-7,9-12H2. The predicted octanol–water partition coefficient (Wildman–Crippen LogP) is 2.63. The van der Waals surface area contributed by atoms with Gasteiger partial charge >= 0.3 is 0 Å². The lowest BCUT2D eigenvalue weighted by Gasteiger charge is -2.22. The number of rotatable bonds is 9. The molecule has 0 aromatic heterocycles. The third-order valence-electron chi connectivity index (χ3n) is 2.70. The molecule has 1 aliphatic rings. The monoisotopic (exact) mass is 241 g/mol. The van der Waals surface area contributed by atoms with Crippen molar-refractivity contribution in [2.75, 3.05) is 26.4 Å². The van der Waals surface area contributed by atoms with Gasteiger partial charge in [-0.15, -0.1) is 0 Å². The van der Waals surface area contributed by atoms with Crippen molar-refractivity contribution in [3.05, 3.63) is 0 Å². The second-order valence-electron chi connectivity index (χ2n) is 4.25. The van der Waals surface area contributed by atoms with Gasteiger partial charge in [-0.25, -0.2) is 0 Å². The number of unbranched alkanes of at least 4 members (excludes halogenated alkanes) is 2. The first kappa shape index (κ1) is 14.4. The van der Waals surface area contributed by atoms with Gasteiger partial charge in [0, 0.05) is 26.2 Å². The number of hydrogen-bond acceptors (Lipinski definition) is 4. The van der Waals surface area contributed by atoms with Crippen LogP contribution >= 0.6 is 0 Å². The van der Waals surface area contributed by atoms with Crippen molar-refractivity contribution >= 4 is 0 Å². The summed E-state index contributed by atoms with van der Waals surface area (Å²) in [6.07, 6.45) is 6.85. The molecular formula is C13H23NO3. The molecule has 1 aliphatic heterocycles. The second kappa shape index (κ2) is 10.5. The molecule has 0 bridgehead atoms. The van der Waals surface area contributed by atoms with E-state index < -0.39 is 0 Å². The zero-order valence-corrected chi connectivity index (χ0v) is 10.5. The van der Waals surface area contributed by atoms with Crippen molar-refractivity contribution in [2.45, 2.75) is 51.2 Å². The second-order valence-corrected chi connectivity index (χ2v) is 4.25. The third kappa shape index (κ3) is 8.14. The van der Waals surface area contributed by atoms with E-state index in [1.807, 2.05) is 0 Å². The molecule has 0 aromatic rings. The fraction of sp³-hybridized carbons (Fsp3) is 0.923. The average molecular weight is 241 g/mol. The third-order valence-corrected chi connectivity index (χ3v) is 2.70. The van der Waals surface area contributed by atoms with Gasteiger partial charge in [-0.2, -0.15) is 5.26 Å². The maximum Gasteiger partial charge on any atom is 0.157 e. The van der Waals surface area contributed by atoms with Crippen LogP contribution in [0.5, 0.6) is 0 Å². The molecule has 0 saturated carbocycles. The zero-order valence-electron chi connectivity index (χ0n) is 10.5. The minimum Gasteiger partial charge on any atom is -0.381 e. The Bertz CT molecular complexity index is 209. The fourth-order valence-corrected chi connectivity index (χ4v) is 1.73. The summed E-state index contributed by atoms with van der Waals surface area (Å²) in [7, 11) is 0. The van der Waals surface area contributed by atoms with E-state index in [2.05, 4.69) is 6.07 Å². The number of nitriles is 1. The maximum absolute atomic E-state index is 8.34. The van der Waals surface area contributed by atoms with Gasteiger partial charge in [-0.05, 0) is 38.5 Å². The van der Waals surface area contributed by atoms with Crippen LogP contribution in [-0.2, 0) is 14.2 Å². The van der Waals surface area contributed by atoms with E-state index in [1.165, 1.54) is 6.42 Å². The van der Waals surface area contributed by atoms with E-state index in [0.717, 1.165) is 51.9 Å². The topological polar surface area (TPSA) is 51.5 Å². The summed E-state index contributed by atoms with van der Waals surface area (Å²) in [5, 5.41) is 8.34. The molecule has 1 heterocycles. The summed E-state index contributed by atoms with van der Waals surface area (Å²) in [6, 6.07) is 2.13. The van der Waals surface area contributed by atoms with Gasteiger partial charge in [0.05, 0.1) is 12.7 Å². The normalized spacial score (nSPS) is 20.1. The molecule has 17 heavy (non-hydrogen) atoms. The van der Waals surface area contributed by atoms with Gasteiger partial charge in [0.15, 0.2) is 6.29 Å². The number of hydrogen-bond donors (Lipinski definition) is 0. The van der Waals surface area contributed by atoms with Crippen LogP contribution < -0.4 is 0 Å². The molecule has 0 aromatic carbocycles. The van der Waals surface area contributed by atoms with Crippen molar-refractivity contribution < 1.29 is 14.2 Å². The van der Waals surface area contributed by atoms with Gasteiger partial charge < -0.3 is 14.2 Å². The molecule has 1 atom stereocenters. The molecule has 0 spiro atoms. The fourth-order valence-electron chi connectivity index (χ4n) is 1.73. The summed E-state index contributed by atoms with van der Waals surface area (Å²) < 4.78 is 16.5. The maximum atomic E-state index is 8.34. The highest BCUT2D eigenvalue weighted by atomic mass is 16.7. The van der Waals surface area contributed by atoms with Crippen molar-refractivity contribution in [1.82, 2.24) is 0 Å². The molecule has 1 unspecified atom stereocenters. The van der Waals surface area contributed by atoms with E-state index in [1.54, 1.807) is 0 Å². The van der Waals surface area contributed by atoms with Crippen LogP contribution in [0.2, 0.25) is 0 Å². The number of nitrogens with zero attached hydrogens (tertiary/aromatic N) is 1. The quantitative estimate of drug-likeness (QED) is 0.582. The van der Waals surface area contributed by atoms with Crippen LogP contribution in [0, 0.1) is 11.3 Å². The van der Waals surface area contributed by atoms with Crippen molar-refractivity contribution in [3.63, 3.8) is 0 Å². The van der Waals surface area contributed by atoms with E-state index in [-0.39, 0.29) is 6.29 Å². The van der Waals surface area contributed by atoms with E-state index >= 15 is 0 Å². The smallest absolute Gasteiger partial charge is 0.157 e.